The van der Waals surface area contributed by atoms with Gasteiger partial charge in [0.05, 0.1) is 0 Å². The van der Waals surface area contributed by atoms with Crippen molar-refractivity contribution in [3.63, 3.8) is 0 Å². The lowest BCUT2D eigenvalue weighted by molar-refractivity contribution is -0.132. The number of rotatable bonds is 7. The fourth-order valence-electron chi connectivity index (χ4n) is 4.13. The normalized spacial score (nSPS) is 18.4. The molecule has 0 unspecified atom stereocenters. The van der Waals surface area contributed by atoms with E-state index in [0.29, 0.717) is 18.8 Å². The lowest BCUT2D eigenvalue weighted by atomic mass is 9.93. The van der Waals surface area contributed by atoms with Crippen molar-refractivity contribution >= 4 is 24.2 Å². The number of carbonyl (C=O) groups excluding carboxylic acids is 2. The van der Waals surface area contributed by atoms with Crippen LogP contribution in [0.5, 0.6) is 0 Å². The minimum absolute atomic E-state index is 0. The summed E-state index contributed by atoms with van der Waals surface area (Å²) in [6, 6.07) is 10.4. The van der Waals surface area contributed by atoms with Gasteiger partial charge in [-0.3, -0.25) is 9.59 Å². The Hall–Kier alpha value is -1.59. The molecular weight excluding hydrogens is 374 g/mol. The number of piperidine rings is 2. The van der Waals surface area contributed by atoms with Crippen LogP contribution in [0.1, 0.15) is 50.5 Å². The van der Waals surface area contributed by atoms with Gasteiger partial charge in [-0.1, -0.05) is 30.3 Å². The number of amides is 2. The number of likely N-dealkylation sites (tertiary alicyclic amines) is 1. The van der Waals surface area contributed by atoms with E-state index in [2.05, 4.69) is 22.8 Å². The molecule has 0 atom stereocenters. The molecule has 0 aliphatic carbocycles. The molecule has 28 heavy (non-hydrogen) atoms. The third-order valence-electron chi connectivity index (χ3n) is 5.92. The molecule has 1 aromatic carbocycles. The van der Waals surface area contributed by atoms with E-state index >= 15 is 0 Å². The Morgan fingerprint density at radius 2 is 1.68 bits per heavy atom. The summed E-state index contributed by atoms with van der Waals surface area (Å²) in [6.07, 6.45) is 7.13. The molecule has 2 heterocycles. The first kappa shape index (κ1) is 22.7. The molecule has 5 nitrogen and oxygen atoms in total. The predicted molar refractivity (Wildman–Crippen MR) is 115 cm³/mol. The van der Waals surface area contributed by atoms with Crippen molar-refractivity contribution in [3.8, 4) is 0 Å². The summed E-state index contributed by atoms with van der Waals surface area (Å²) in [7, 11) is 0. The van der Waals surface area contributed by atoms with Crippen molar-refractivity contribution in [2.24, 2.45) is 5.92 Å². The van der Waals surface area contributed by atoms with Gasteiger partial charge in [0.1, 0.15) is 0 Å². The SMILES string of the molecule is Cl.O=C(CCC1CCNCC1)NC1CCN(C(=O)CCc2ccccc2)CC1. The van der Waals surface area contributed by atoms with Gasteiger partial charge in [-0.25, -0.2) is 0 Å². The number of nitrogens with zero attached hydrogens (tertiary/aromatic N) is 1. The first-order valence-electron chi connectivity index (χ1n) is 10.5. The van der Waals surface area contributed by atoms with Gasteiger partial charge < -0.3 is 15.5 Å². The maximum Gasteiger partial charge on any atom is 0.222 e. The topological polar surface area (TPSA) is 61.4 Å². The fraction of sp³-hybridized carbons (Fsp3) is 0.636. The number of hydrogen-bond acceptors (Lipinski definition) is 3. The van der Waals surface area contributed by atoms with E-state index < -0.39 is 0 Å². The maximum atomic E-state index is 12.4. The number of hydrogen-bond donors (Lipinski definition) is 2. The lowest BCUT2D eigenvalue weighted by Crippen LogP contribution is -2.46. The molecule has 0 spiro atoms. The Bertz CT molecular complexity index is 597. The summed E-state index contributed by atoms with van der Waals surface area (Å²) < 4.78 is 0. The third-order valence-corrected chi connectivity index (χ3v) is 5.92. The Morgan fingerprint density at radius 3 is 2.36 bits per heavy atom. The van der Waals surface area contributed by atoms with Crippen LogP contribution < -0.4 is 10.6 Å². The van der Waals surface area contributed by atoms with Crippen molar-refractivity contribution in [2.45, 2.75) is 57.4 Å². The molecule has 2 aliphatic rings. The van der Waals surface area contributed by atoms with Crippen molar-refractivity contribution in [1.82, 2.24) is 15.5 Å². The van der Waals surface area contributed by atoms with Crippen LogP contribution in [0.4, 0.5) is 0 Å². The summed E-state index contributed by atoms with van der Waals surface area (Å²) in [5.41, 5.74) is 1.21. The minimum Gasteiger partial charge on any atom is -0.353 e. The highest BCUT2D eigenvalue weighted by molar-refractivity contribution is 5.85. The molecule has 2 aliphatic heterocycles. The van der Waals surface area contributed by atoms with Crippen LogP contribution in [0, 0.1) is 5.92 Å². The highest BCUT2D eigenvalue weighted by Gasteiger charge is 2.24. The number of aryl methyl sites for hydroxylation is 1. The van der Waals surface area contributed by atoms with Crippen molar-refractivity contribution in [3.05, 3.63) is 35.9 Å². The summed E-state index contributed by atoms with van der Waals surface area (Å²) in [5.74, 6) is 1.11. The van der Waals surface area contributed by atoms with E-state index in [1.807, 2.05) is 23.1 Å². The zero-order valence-electron chi connectivity index (χ0n) is 16.7. The van der Waals surface area contributed by atoms with Gasteiger partial charge in [-0.2, -0.15) is 0 Å². The average molecular weight is 408 g/mol. The zero-order valence-corrected chi connectivity index (χ0v) is 17.5. The smallest absolute Gasteiger partial charge is 0.222 e. The maximum absolute atomic E-state index is 12.4. The summed E-state index contributed by atoms with van der Waals surface area (Å²) >= 11 is 0. The standard InChI is InChI=1S/C22H33N3O2.ClH/c26-21(8-6-19-10-14-23-15-11-19)24-20-12-16-25(17-13-20)22(27)9-7-18-4-2-1-3-5-18;/h1-5,19-20,23H,6-17H2,(H,24,26);1H. The summed E-state index contributed by atoms with van der Waals surface area (Å²) in [5, 5.41) is 6.55. The Labute approximate surface area is 175 Å². The highest BCUT2D eigenvalue weighted by atomic mass is 35.5. The molecule has 0 radical (unpaired) electrons. The Kier molecular flexibility index (Phi) is 9.79. The van der Waals surface area contributed by atoms with Crippen LogP contribution in [0.2, 0.25) is 0 Å². The second-order valence-electron chi connectivity index (χ2n) is 7.94. The average Bonchev–Trinajstić information content (AvgIpc) is 2.72. The van der Waals surface area contributed by atoms with Gasteiger partial charge in [-0.05, 0) is 63.1 Å². The molecule has 2 saturated heterocycles. The quantitative estimate of drug-likeness (QED) is 0.730. The molecule has 1 aromatic rings. The zero-order chi connectivity index (χ0) is 18.9. The van der Waals surface area contributed by atoms with E-state index in [4.69, 9.17) is 0 Å². The van der Waals surface area contributed by atoms with Gasteiger partial charge in [0.2, 0.25) is 11.8 Å². The number of nitrogens with one attached hydrogen (secondary N) is 2. The van der Waals surface area contributed by atoms with Gasteiger partial charge in [0.25, 0.3) is 0 Å². The van der Waals surface area contributed by atoms with Crippen LogP contribution in [-0.2, 0) is 16.0 Å². The first-order valence-corrected chi connectivity index (χ1v) is 10.5. The second kappa shape index (κ2) is 12.1. The number of benzene rings is 1. The van der Waals surface area contributed by atoms with Gasteiger partial charge in [0.15, 0.2) is 0 Å². The first-order chi connectivity index (χ1) is 13.2. The molecule has 2 fully saturated rings. The molecular formula is C22H34ClN3O2. The number of carbonyl (C=O) groups is 2. The Balaban J connectivity index is 0.00000280. The van der Waals surface area contributed by atoms with Crippen molar-refractivity contribution in [2.75, 3.05) is 26.2 Å². The largest absolute Gasteiger partial charge is 0.353 e. The van der Waals surface area contributed by atoms with Gasteiger partial charge >= 0.3 is 0 Å². The molecule has 6 heteroatoms. The highest BCUT2D eigenvalue weighted by Crippen LogP contribution is 2.18. The molecule has 0 bridgehead atoms. The third kappa shape index (κ3) is 7.44. The lowest BCUT2D eigenvalue weighted by Gasteiger charge is -2.32. The van der Waals surface area contributed by atoms with E-state index in [1.54, 1.807) is 0 Å². The summed E-state index contributed by atoms with van der Waals surface area (Å²) in [6.45, 7) is 3.69. The molecule has 156 valence electrons. The molecule has 2 amide bonds. The van der Waals surface area contributed by atoms with Crippen LogP contribution in [0.15, 0.2) is 30.3 Å². The second-order valence-corrected chi connectivity index (χ2v) is 7.94. The molecule has 0 aromatic heterocycles. The molecule has 3 rings (SSSR count). The Morgan fingerprint density at radius 1 is 1.00 bits per heavy atom. The van der Waals surface area contributed by atoms with Crippen LogP contribution in [0.3, 0.4) is 0 Å². The molecule has 0 saturated carbocycles. The van der Waals surface area contributed by atoms with Crippen LogP contribution in [0.25, 0.3) is 0 Å². The van der Waals surface area contributed by atoms with Crippen molar-refractivity contribution < 1.29 is 9.59 Å². The van der Waals surface area contributed by atoms with Gasteiger partial charge in [0, 0.05) is 32.0 Å². The predicted octanol–water partition coefficient (Wildman–Crippen LogP) is 2.93. The van der Waals surface area contributed by atoms with E-state index in [0.717, 1.165) is 51.9 Å². The van der Waals surface area contributed by atoms with E-state index in [9.17, 15) is 9.59 Å². The number of halogens is 1. The van der Waals surface area contributed by atoms with E-state index in [-0.39, 0.29) is 30.3 Å². The fourth-order valence-corrected chi connectivity index (χ4v) is 4.13. The summed E-state index contributed by atoms with van der Waals surface area (Å²) in [4.78, 5) is 26.6. The van der Waals surface area contributed by atoms with Crippen LogP contribution in [-0.4, -0.2) is 48.9 Å². The van der Waals surface area contributed by atoms with E-state index in [1.165, 1.54) is 18.4 Å². The molecule has 2 N–H and O–H groups in total. The van der Waals surface area contributed by atoms with Crippen molar-refractivity contribution in [1.29, 1.82) is 0 Å². The monoisotopic (exact) mass is 407 g/mol. The van der Waals surface area contributed by atoms with Crippen LogP contribution >= 0.6 is 12.4 Å². The minimum atomic E-state index is 0. The van der Waals surface area contributed by atoms with Gasteiger partial charge in [-0.15, -0.1) is 12.4 Å².